The molecule has 6 heteroatoms. The summed E-state index contributed by atoms with van der Waals surface area (Å²) in [5, 5.41) is 0. The second kappa shape index (κ2) is 5.65. The maximum absolute atomic E-state index is 5.66. The zero-order chi connectivity index (χ0) is 12.4. The Kier molecular flexibility index (Phi) is 4.41. The summed E-state index contributed by atoms with van der Waals surface area (Å²) >= 11 is 6.95. The van der Waals surface area contributed by atoms with Crippen LogP contribution in [0.2, 0.25) is 0 Å². The molecule has 2 N–H and O–H groups in total. The zero-order valence-corrected chi connectivity index (χ0v) is 12.7. The van der Waals surface area contributed by atoms with E-state index in [1.807, 2.05) is 6.07 Å². The van der Waals surface area contributed by atoms with Crippen molar-refractivity contribution in [2.24, 2.45) is 5.73 Å². The molecule has 0 bridgehead atoms. The Morgan fingerprint density at radius 3 is 3.00 bits per heavy atom. The van der Waals surface area contributed by atoms with E-state index in [0.29, 0.717) is 19.2 Å². The van der Waals surface area contributed by atoms with Crippen LogP contribution in [0.3, 0.4) is 0 Å². The van der Waals surface area contributed by atoms with Gasteiger partial charge in [-0.3, -0.25) is 0 Å². The maximum atomic E-state index is 5.66. The van der Waals surface area contributed by atoms with Crippen LogP contribution in [-0.4, -0.2) is 36.8 Å². The minimum Gasteiger partial charge on any atom is -0.373 e. The van der Waals surface area contributed by atoms with Crippen molar-refractivity contribution < 1.29 is 4.74 Å². The number of nitrogens with two attached hydrogens (primary N) is 1. The minimum atomic E-state index is 0.0866. The average molecular weight is 365 g/mol. The Hall–Kier alpha value is -0.170. The van der Waals surface area contributed by atoms with Gasteiger partial charge in [0, 0.05) is 23.8 Å². The second-order valence-electron chi connectivity index (χ2n) is 4.15. The molecule has 0 saturated carbocycles. The SMILES string of the molecule is CC1COC(CN)CN1c1ncc(Br)cc1Br. The first-order chi connectivity index (χ1) is 8.11. The highest BCUT2D eigenvalue weighted by Gasteiger charge is 2.27. The van der Waals surface area contributed by atoms with Gasteiger partial charge in [-0.1, -0.05) is 0 Å². The van der Waals surface area contributed by atoms with Crippen LogP contribution in [0.15, 0.2) is 21.2 Å². The summed E-state index contributed by atoms with van der Waals surface area (Å²) < 4.78 is 7.58. The molecule has 94 valence electrons. The Labute approximate surface area is 118 Å². The molecule has 1 fully saturated rings. The molecule has 17 heavy (non-hydrogen) atoms. The van der Waals surface area contributed by atoms with E-state index in [2.05, 4.69) is 48.7 Å². The van der Waals surface area contributed by atoms with Gasteiger partial charge in [0.2, 0.25) is 0 Å². The van der Waals surface area contributed by atoms with Crippen molar-refractivity contribution in [3.05, 3.63) is 21.2 Å². The summed E-state index contributed by atoms with van der Waals surface area (Å²) in [6.07, 6.45) is 1.89. The van der Waals surface area contributed by atoms with Gasteiger partial charge in [-0.05, 0) is 44.8 Å². The van der Waals surface area contributed by atoms with E-state index in [-0.39, 0.29) is 6.10 Å². The van der Waals surface area contributed by atoms with Crippen molar-refractivity contribution in [2.75, 3.05) is 24.6 Å². The second-order valence-corrected chi connectivity index (χ2v) is 5.92. The van der Waals surface area contributed by atoms with Gasteiger partial charge in [0.05, 0.1) is 23.2 Å². The number of morpholine rings is 1. The minimum absolute atomic E-state index is 0.0866. The first kappa shape index (κ1) is 13.3. The molecule has 0 aliphatic carbocycles. The fraction of sp³-hybridized carbons (Fsp3) is 0.545. The highest BCUT2D eigenvalue weighted by Crippen LogP contribution is 2.29. The Morgan fingerprint density at radius 2 is 2.35 bits per heavy atom. The average Bonchev–Trinajstić information content (AvgIpc) is 2.30. The molecule has 2 rings (SSSR count). The lowest BCUT2D eigenvalue weighted by atomic mass is 10.2. The fourth-order valence-electron chi connectivity index (χ4n) is 1.87. The number of anilines is 1. The van der Waals surface area contributed by atoms with Crippen LogP contribution in [0.25, 0.3) is 0 Å². The number of hydrogen-bond donors (Lipinski definition) is 1. The molecular weight excluding hydrogens is 350 g/mol. The molecule has 1 aromatic heterocycles. The van der Waals surface area contributed by atoms with Crippen molar-refractivity contribution in [2.45, 2.75) is 19.1 Å². The normalized spacial score (nSPS) is 25.1. The van der Waals surface area contributed by atoms with Gasteiger partial charge in [-0.25, -0.2) is 4.98 Å². The Morgan fingerprint density at radius 1 is 1.59 bits per heavy atom. The Balaban J connectivity index is 2.24. The van der Waals surface area contributed by atoms with E-state index in [1.54, 1.807) is 6.20 Å². The lowest BCUT2D eigenvalue weighted by molar-refractivity contribution is 0.0279. The number of rotatable bonds is 2. The topological polar surface area (TPSA) is 51.4 Å². The van der Waals surface area contributed by atoms with Gasteiger partial charge in [0.25, 0.3) is 0 Å². The third-order valence-electron chi connectivity index (χ3n) is 2.83. The van der Waals surface area contributed by atoms with Crippen molar-refractivity contribution in [3.8, 4) is 0 Å². The third kappa shape index (κ3) is 2.99. The summed E-state index contributed by atoms with van der Waals surface area (Å²) in [5.74, 6) is 0.947. The van der Waals surface area contributed by atoms with Crippen LogP contribution in [0.1, 0.15) is 6.92 Å². The maximum Gasteiger partial charge on any atom is 0.143 e. The van der Waals surface area contributed by atoms with Crippen LogP contribution >= 0.6 is 31.9 Å². The molecule has 4 nitrogen and oxygen atoms in total. The third-order valence-corrected chi connectivity index (χ3v) is 3.85. The molecule has 1 aromatic rings. The number of aromatic nitrogens is 1. The summed E-state index contributed by atoms with van der Waals surface area (Å²) in [5.41, 5.74) is 5.66. The summed E-state index contributed by atoms with van der Waals surface area (Å²) in [6.45, 7) is 4.14. The van der Waals surface area contributed by atoms with Crippen LogP contribution in [0, 0.1) is 0 Å². The molecule has 1 aliphatic heterocycles. The van der Waals surface area contributed by atoms with Gasteiger partial charge in [0.15, 0.2) is 0 Å². The molecule has 0 spiro atoms. The molecule has 0 radical (unpaired) electrons. The highest BCUT2D eigenvalue weighted by molar-refractivity contribution is 9.11. The molecule has 1 saturated heterocycles. The quantitative estimate of drug-likeness (QED) is 0.873. The molecule has 2 atom stereocenters. The van der Waals surface area contributed by atoms with Crippen molar-refractivity contribution in [3.63, 3.8) is 0 Å². The van der Waals surface area contributed by atoms with Crippen LogP contribution in [0.4, 0.5) is 5.82 Å². The number of nitrogens with zero attached hydrogens (tertiary/aromatic N) is 2. The zero-order valence-electron chi connectivity index (χ0n) is 9.57. The molecule has 2 unspecified atom stereocenters. The first-order valence-corrected chi connectivity index (χ1v) is 7.09. The van der Waals surface area contributed by atoms with Gasteiger partial charge >= 0.3 is 0 Å². The standard InChI is InChI=1S/C11H15Br2N3O/c1-7-6-17-9(3-14)5-16(7)11-10(13)2-8(12)4-15-11/h2,4,7,9H,3,5-6,14H2,1H3. The summed E-state index contributed by atoms with van der Waals surface area (Å²) in [4.78, 5) is 6.69. The van der Waals surface area contributed by atoms with E-state index in [1.165, 1.54) is 0 Å². The van der Waals surface area contributed by atoms with Crippen LogP contribution in [-0.2, 0) is 4.74 Å². The predicted octanol–water partition coefficient (Wildman–Crippen LogP) is 2.16. The molecular formula is C11H15Br2N3O. The van der Waals surface area contributed by atoms with E-state index in [9.17, 15) is 0 Å². The van der Waals surface area contributed by atoms with Crippen LogP contribution in [0.5, 0.6) is 0 Å². The van der Waals surface area contributed by atoms with Gasteiger partial charge in [-0.15, -0.1) is 0 Å². The molecule has 1 aliphatic rings. The van der Waals surface area contributed by atoms with E-state index >= 15 is 0 Å². The van der Waals surface area contributed by atoms with E-state index in [0.717, 1.165) is 21.3 Å². The lowest BCUT2D eigenvalue weighted by Crippen LogP contribution is -2.51. The predicted molar refractivity (Wildman–Crippen MR) is 75.2 cm³/mol. The largest absolute Gasteiger partial charge is 0.373 e. The number of halogens is 2. The van der Waals surface area contributed by atoms with E-state index in [4.69, 9.17) is 10.5 Å². The lowest BCUT2D eigenvalue weighted by Gasteiger charge is -2.38. The molecule has 2 heterocycles. The van der Waals surface area contributed by atoms with E-state index < -0.39 is 0 Å². The van der Waals surface area contributed by atoms with Gasteiger partial charge in [0.1, 0.15) is 5.82 Å². The number of ether oxygens (including phenoxy) is 1. The van der Waals surface area contributed by atoms with Gasteiger partial charge in [-0.2, -0.15) is 0 Å². The monoisotopic (exact) mass is 363 g/mol. The first-order valence-electron chi connectivity index (χ1n) is 5.51. The van der Waals surface area contributed by atoms with Crippen molar-refractivity contribution >= 4 is 37.7 Å². The molecule has 0 amide bonds. The number of pyridine rings is 1. The summed E-state index contributed by atoms with van der Waals surface area (Å²) in [7, 11) is 0. The van der Waals surface area contributed by atoms with Crippen molar-refractivity contribution in [1.82, 2.24) is 4.98 Å². The van der Waals surface area contributed by atoms with Crippen LogP contribution < -0.4 is 10.6 Å². The summed E-state index contributed by atoms with van der Waals surface area (Å²) in [6, 6.07) is 2.31. The van der Waals surface area contributed by atoms with Gasteiger partial charge < -0.3 is 15.4 Å². The van der Waals surface area contributed by atoms with Crippen molar-refractivity contribution in [1.29, 1.82) is 0 Å². The Bertz CT molecular complexity index is 402. The smallest absolute Gasteiger partial charge is 0.143 e. The fourth-order valence-corrected chi connectivity index (χ4v) is 3.09. The number of hydrogen-bond acceptors (Lipinski definition) is 4. The highest BCUT2D eigenvalue weighted by atomic mass is 79.9. The molecule has 0 aromatic carbocycles.